The van der Waals surface area contributed by atoms with Crippen LogP contribution in [0, 0.1) is 5.82 Å². The van der Waals surface area contributed by atoms with Crippen molar-refractivity contribution < 1.29 is 14.3 Å². The summed E-state index contributed by atoms with van der Waals surface area (Å²) in [7, 11) is 0. The van der Waals surface area contributed by atoms with E-state index in [-0.39, 0.29) is 11.7 Å². The molecular formula is C21H24FN3O2. The molecule has 0 unspecified atom stereocenters. The van der Waals surface area contributed by atoms with Gasteiger partial charge in [0.05, 0.1) is 0 Å². The molecule has 0 aromatic heterocycles. The van der Waals surface area contributed by atoms with Crippen LogP contribution in [0.15, 0.2) is 42.5 Å². The summed E-state index contributed by atoms with van der Waals surface area (Å²) in [5.74, 6) is -0.556. The highest BCUT2D eigenvalue weighted by Crippen LogP contribution is 2.26. The second-order valence-electron chi connectivity index (χ2n) is 7.22. The standard InChI is InChI=1S/C21H24FN3O2/c22-20-13-18(26)5-6-19(20)15-1-3-16(4-2-15)21(27)25-11-9-24(10-12-25)17-7-8-23-14-17/h1-6,13,17,23,26H,7-12,14H2/t17-/m0/s1. The van der Waals surface area contributed by atoms with Gasteiger partial charge in [-0.2, -0.15) is 0 Å². The molecule has 2 heterocycles. The molecule has 2 N–H and O–H groups in total. The third-order valence-electron chi connectivity index (χ3n) is 5.55. The molecule has 0 aliphatic carbocycles. The van der Waals surface area contributed by atoms with Gasteiger partial charge in [0.2, 0.25) is 0 Å². The SMILES string of the molecule is O=C(c1ccc(-c2ccc(O)cc2F)cc1)N1CCN([C@H]2CCNC2)CC1. The number of hydrogen-bond donors (Lipinski definition) is 2. The van der Waals surface area contributed by atoms with Gasteiger partial charge in [-0.3, -0.25) is 9.69 Å². The number of nitrogens with zero attached hydrogens (tertiary/aromatic N) is 2. The van der Waals surface area contributed by atoms with Crippen LogP contribution in [0.5, 0.6) is 5.75 Å². The van der Waals surface area contributed by atoms with Crippen molar-refractivity contribution in [1.29, 1.82) is 0 Å². The van der Waals surface area contributed by atoms with Crippen LogP contribution in [-0.4, -0.2) is 66.1 Å². The number of halogens is 1. The normalized spacial score (nSPS) is 20.8. The Kier molecular flexibility index (Phi) is 5.09. The molecule has 1 atom stereocenters. The third kappa shape index (κ3) is 3.82. The summed E-state index contributed by atoms with van der Waals surface area (Å²) in [4.78, 5) is 17.1. The molecule has 2 fully saturated rings. The lowest BCUT2D eigenvalue weighted by atomic mass is 10.0. The Morgan fingerprint density at radius 1 is 1.07 bits per heavy atom. The molecule has 27 heavy (non-hydrogen) atoms. The first-order valence-corrected chi connectivity index (χ1v) is 9.45. The van der Waals surface area contributed by atoms with Crippen LogP contribution < -0.4 is 5.32 Å². The van der Waals surface area contributed by atoms with Crippen molar-refractivity contribution in [1.82, 2.24) is 15.1 Å². The van der Waals surface area contributed by atoms with Crippen LogP contribution in [0.2, 0.25) is 0 Å². The average Bonchev–Trinajstić information content (AvgIpc) is 3.23. The molecule has 6 heteroatoms. The number of phenols is 1. The molecule has 0 bridgehead atoms. The maximum Gasteiger partial charge on any atom is 0.253 e. The van der Waals surface area contributed by atoms with Gasteiger partial charge < -0.3 is 15.3 Å². The van der Waals surface area contributed by atoms with Gasteiger partial charge in [-0.15, -0.1) is 0 Å². The Morgan fingerprint density at radius 2 is 1.81 bits per heavy atom. The highest BCUT2D eigenvalue weighted by Gasteiger charge is 2.28. The lowest BCUT2D eigenvalue weighted by Gasteiger charge is -2.37. The first-order chi connectivity index (χ1) is 13.1. The van der Waals surface area contributed by atoms with Crippen molar-refractivity contribution in [2.75, 3.05) is 39.3 Å². The molecule has 2 aromatic carbocycles. The maximum atomic E-state index is 14.0. The van der Waals surface area contributed by atoms with E-state index in [0.717, 1.165) is 45.3 Å². The first-order valence-electron chi connectivity index (χ1n) is 9.45. The Hall–Kier alpha value is -2.44. The van der Waals surface area contributed by atoms with Crippen molar-refractivity contribution >= 4 is 5.91 Å². The lowest BCUT2D eigenvalue weighted by molar-refractivity contribution is 0.0584. The molecular weight excluding hydrogens is 345 g/mol. The number of phenolic OH excluding ortho intramolecular Hbond substituents is 1. The molecule has 4 rings (SSSR count). The molecule has 2 saturated heterocycles. The zero-order valence-corrected chi connectivity index (χ0v) is 15.2. The van der Waals surface area contributed by atoms with E-state index in [4.69, 9.17) is 0 Å². The monoisotopic (exact) mass is 369 g/mol. The number of amides is 1. The minimum atomic E-state index is -0.480. The van der Waals surface area contributed by atoms with Crippen molar-refractivity contribution in [2.45, 2.75) is 12.5 Å². The van der Waals surface area contributed by atoms with Crippen LogP contribution in [0.4, 0.5) is 4.39 Å². The number of hydrogen-bond acceptors (Lipinski definition) is 4. The van der Waals surface area contributed by atoms with Crippen LogP contribution >= 0.6 is 0 Å². The Labute approximate surface area is 158 Å². The number of carbonyl (C=O) groups excluding carboxylic acids is 1. The van der Waals surface area contributed by atoms with Gasteiger partial charge in [-0.25, -0.2) is 4.39 Å². The summed E-state index contributed by atoms with van der Waals surface area (Å²) < 4.78 is 14.0. The summed E-state index contributed by atoms with van der Waals surface area (Å²) in [6.45, 7) is 5.43. The second kappa shape index (κ2) is 7.66. The van der Waals surface area contributed by atoms with Gasteiger partial charge >= 0.3 is 0 Å². The minimum absolute atomic E-state index is 0.0249. The quantitative estimate of drug-likeness (QED) is 0.872. The molecule has 0 saturated carbocycles. The average molecular weight is 369 g/mol. The molecule has 142 valence electrons. The van der Waals surface area contributed by atoms with Gasteiger partial charge in [-0.05, 0) is 42.8 Å². The van der Waals surface area contributed by atoms with E-state index in [0.29, 0.717) is 22.7 Å². The van der Waals surface area contributed by atoms with E-state index in [9.17, 15) is 14.3 Å². The van der Waals surface area contributed by atoms with E-state index >= 15 is 0 Å². The predicted molar refractivity (Wildman–Crippen MR) is 102 cm³/mol. The first kappa shape index (κ1) is 17.9. The fraction of sp³-hybridized carbons (Fsp3) is 0.381. The lowest BCUT2D eigenvalue weighted by Crippen LogP contribution is -2.52. The van der Waals surface area contributed by atoms with Gasteiger partial charge in [-0.1, -0.05) is 12.1 Å². The van der Waals surface area contributed by atoms with Crippen LogP contribution in [0.1, 0.15) is 16.8 Å². The second-order valence-corrected chi connectivity index (χ2v) is 7.22. The van der Waals surface area contributed by atoms with E-state index in [2.05, 4.69) is 10.2 Å². The molecule has 0 radical (unpaired) electrons. The summed E-state index contributed by atoms with van der Waals surface area (Å²) in [5, 5.41) is 12.7. The zero-order chi connectivity index (χ0) is 18.8. The summed E-state index contributed by atoms with van der Waals surface area (Å²) in [5.41, 5.74) is 1.71. The molecule has 2 aliphatic rings. The van der Waals surface area contributed by atoms with E-state index in [1.807, 2.05) is 4.90 Å². The molecule has 5 nitrogen and oxygen atoms in total. The van der Waals surface area contributed by atoms with Gasteiger partial charge in [0.25, 0.3) is 5.91 Å². The van der Waals surface area contributed by atoms with Crippen molar-refractivity contribution in [2.24, 2.45) is 0 Å². The fourth-order valence-corrected chi connectivity index (χ4v) is 3.95. The van der Waals surface area contributed by atoms with E-state index in [1.54, 1.807) is 30.3 Å². The summed E-state index contributed by atoms with van der Waals surface area (Å²) in [6, 6.07) is 11.7. The van der Waals surface area contributed by atoms with Gasteiger partial charge in [0, 0.05) is 56.0 Å². The van der Waals surface area contributed by atoms with Crippen molar-refractivity contribution in [3.63, 3.8) is 0 Å². The molecule has 1 amide bonds. The molecule has 2 aromatic rings. The van der Waals surface area contributed by atoms with Crippen molar-refractivity contribution in [3.8, 4) is 16.9 Å². The van der Waals surface area contributed by atoms with Crippen LogP contribution in [0.25, 0.3) is 11.1 Å². The highest BCUT2D eigenvalue weighted by atomic mass is 19.1. The fourth-order valence-electron chi connectivity index (χ4n) is 3.95. The number of aromatic hydroxyl groups is 1. The van der Waals surface area contributed by atoms with Crippen LogP contribution in [0.3, 0.4) is 0 Å². The third-order valence-corrected chi connectivity index (χ3v) is 5.55. The van der Waals surface area contributed by atoms with Crippen LogP contribution in [-0.2, 0) is 0 Å². The number of piperazine rings is 1. The van der Waals surface area contributed by atoms with Gasteiger partial charge in [0.15, 0.2) is 0 Å². The number of nitrogens with one attached hydrogen (secondary N) is 1. The van der Waals surface area contributed by atoms with Gasteiger partial charge in [0.1, 0.15) is 11.6 Å². The summed E-state index contributed by atoms with van der Waals surface area (Å²) in [6.07, 6.45) is 1.18. The topological polar surface area (TPSA) is 55.8 Å². The number of rotatable bonds is 3. The number of carbonyl (C=O) groups is 1. The smallest absolute Gasteiger partial charge is 0.253 e. The van der Waals surface area contributed by atoms with Crippen molar-refractivity contribution in [3.05, 3.63) is 53.8 Å². The Bertz CT molecular complexity index is 811. The van der Waals surface area contributed by atoms with E-state index < -0.39 is 5.82 Å². The molecule has 0 spiro atoms. The minimum Gasteiger partial charge on any atom is -0.508 e. The summed E-state index contributed by atoms with van der Waals surface area (Å²) >= 11 is 0. The highest BCUT2D eigenvalue weighted by molar-refractivity contribution is 5.94. The largest absolute Gasteiger partial charge is 0.508 e. The Morgan fingerprint density at radius 3 is 2.44 bits per heavy atom. The molecule has 2 aliphatic heterocycles. The predicted octanol–water partition coefficient (Wildman–Crippen LogP) is 2.32. The number of benzene rings is 2. The Balaban J connectivity index is 1.41. The van der Waals surface area contributed by atoms with E-state index in [1.165, 1.54) is 12.5 Å². The zero-order valence-electron chi connectivity index (χ0n) is 15.2. The maximum absolute atomic E-state index is 14.0.